The number of unbranched alkanes of at least 4 members (excludes halogenated alkanes) is 4. The van der Waals surface area contributed by atoms with E-state index in [9.17, 15) is 0 Å². The third-order valence-electron chi connectivity index (χ3n) is 3.27. The molecule has 2 heteroatoms. The zero-order valence-corrected chi connectivity index (χ0v) is 13.1. The minimum absolute atomic E-state index is 1.02. The van der Waals surface area contributed by atoms with Gasteiger partial charge in [-0.25, -0.2) is 0 Å². The molecule has 1 aromatic rings. The van der Waals surface area contributed by atoms with Gasteiger partial charge in [-0.15, -0.1) is 0 Å². The summed E-state index contributed by atoms with van der Waals surface area (Å²) in [5.41, 5.74) is 2.96. The van der Waals surface area contributed by atoms with Crippen molar-refractivity contribution < 1.29 is 0 Å². The molecule has 1 rings (SSSR count). The van der Waals surface area contributed by atoms with Gasteiger partial charge in [-0.3, -0.25) is 0 Å². The third-order valence-corrected chi connectivity index (χ3v) is 3.90. The largest absolute Gasteiger partial charge is 0.179 e. The van der Waals surface area contributed by atoms with Crippen LogP contribution in [-0.4, -0.2) is 11.5 Å². The highest BCUT2D eigenvalue weighted by molar-refractivity contribution is 7.80. The van der Waals surface area contributed by atoms with E-state index in [1.54, 1.807) is 0 Å². The Morgan fingerprint density at radius 3 is 1.28 bits per heavy atom. The van der Waals surface area contributed by atoms with Gasteiger partial charge in [0.15, 0.2) is 0 Å². The van der Waals surface area contributed by atoms with Gasteiger partial charge in [-0.2, -0.15) is 25.3 Å². The van der Waals surface area contributed by atoms with Crippen molar-refractivity contribution in [2.75, 3.05) is 11.5 Å². The highest BCUT2D eigenvalue weighted by atomic mass is 32.1. The van der Waals surface area contributed by atoms with Crippen molar-refractivity contribution in [1.29, 1.82) is 0 Å². The second kappa shape index (κ2) is 10.8. The summed E-state index contributed by atoms with van der Waals surface area (Å²) in [6.45, 7) is 0. The van der Waals surface area contributed by atoms with Gasteiger partial charge in [0.05, 0.1) is 0 Å². The Bertz CT molecular complexity index is 261. The molecule has 0 nitrogen and oxygen atoms in total. The molecule has 0 radical (unpaired) electrons. The van der Waals surface area contributed by atoms with Crippen molar-refractivity contribution in [3.8, 4) is 0 Å². The van der Waals surface area contributed by atoms with Crippen molar-refractivity contribution in [1.82, 2.24) is 0 Å². The van der Waals surface area contributed by atoms with E-state index in [0.717, 1.165) is 11.5 Å². The quantitative estimate of drug-likeness (QED) is 0.439. The van der Waals surface area contributed by atoms with Crippen molar-refractivity contribution in [2.45, 2.75) is 51.4 Å². The second-order valence-corrected chi connectivity index (χ2v) is 5.78. The predicted octanol–water partition coefficient (Wildman–Crippen LogP) is 4.97. The van der Waals surface area contributed by atoms with Crippen molar-refractivity contribution in [3.05, 3.63) is 35.4 Å². The average Bonchev–Trinajstić information content (AvgIpc) is 2.41. The standard InChI is InChI=1S/C16H26S2/c17-13-5-1-3-7-15-9-11-16(12-10-15)8-4-2-6-14-18/h9-12,17-18H,1-8,13-14H2. The SMILES string of the molecule is SCCCCCc1ccc(CCCCCS)cc1. The van der Waals surface area contributed by atoms with Crippen LogP contribution in [0.3, 0.4) is 0 Å². The smallest absolute Gasteiger partial charge is 0.00979 e. The van der Waals surface area contributed by atoms with E-state index < -0.39 is 0 Å². The summed E-state index contributed by atoms with van der Waals surface area (Å²) in [5.74, 6) is 2.04. The fourth-order valence-electron chi connectivity index (χ4n) is 2.11. The van der Waals surface area contributed by atoms with E-state index in [4.69, 9.17) is 0 Å². The van der Waals surface area contributed by atoms with Gasteiger partial charge >= 0.3 is 0 Å². The van der Waals surface area contributed by atoms with Crippen molar-refractivity contribution >= 4 is 25.3 Å². The monoisotopic (exact) mass is 282 g/mol. The van der Waals surface area contributed by atoms with Crippen LogP contribution in [0.15, 0.2) is 24.3 Å². The Labute approximate surface area is 123 Å². The molecule has 0 saturated carbocycles. The van der Waals surface area contributed by atoms with Crippen molar-refractivity contribution in [3.63, 3.8) is 0 Å². The van der Waals surface area contributed by atoms with E-state index in [1.165, 1.54) is 62.5 Å². The van der Waals surface area contributed by atoms with Crippen LogP contribution >= 0.6 is 25.3 Å². The molecule has 0 saturated heterocycles. The van der Waals surface area contributed by atoms with Gasteiger partial charge in [0.25, 0.3) is 0 Å². The lowest BCUT2D eigenvalue weighted by atomic mass is 10.0. The molecule has 0 bridgehead atoms. The lowest BCUT2D eigenvalue weighted by Crippen LogP contribution is -1.90. The molecule has 0 atom stereocenters. The Morgan fingerprint density at radius 1 is 0.556 bits per heavy atom. The molecule has 1 aromatic carbocycles. The molecule has 0 unspecified atom stereocenters. The second-order valence-electron chi connectivity index (χ2n) is 4.89. The van der Waals surface area contributed by atoms with Crippen LogP contribution in [0.25, 0.3) is 0 Å². The van der Waals surface area contributed by atoms with Gasteiger partial charge < -0.3 is 0 Å². The van der Waals surface area contributed by atoms with E-state index in [-0.39, 0.29) is 0 Å². The van der Waals surface area contributed by atoms with Crippen LogP contribution in [0.2, 0.25) is 0 Å². The number of hydrogen-bond acceptors (Lipinski definition) is 2. The zero-order valence-electron chi connectivity index (χ0n) is 11.3. The Morgan fingerprint density at radius 2 is 0.944 bits per heavy atom. The Kier molecular flexibility index (Phi) is 9.59. The molecule has 0 aliphatic heterocycles. The van der Waals surface area contributed by atoms with E-state index in [1.807, 2.05) is 0 Å². The zero-order chi connectivity index (χ0) is 13.1. The summed E-state index contributed by atoms with van der Waals surface area (Å²) in [4.78, 5) is 0. The van der Waals surface area contributed by atoms with Crippen LogP contribution in [0.1, 0.15) is 49.7 Å². The maximum atomic E-state index is 4.24. The number of thiol groups is 2. The molecule has 0 fully saturated rings. The van der Waals surface area contributed by atoms with Gasteiger partial charge in [0, 0.05) is 0 Å². The molecule has 18 heavy (non-hydrogen) atoms. The third kappa shape index (κ3) is 7.38. The first-order chi connectivity index (χ1) is 8.86. The summed E-state index contributed by atoms with van der Waals surface area (Å²) in [7, 11) is 0. The first kappa shape index (κ1) is 16.0. The van der Waals surface area contributed by atoms with Gasteiger partial charge in [-0.05, 0) is 61.2 Å². The van der Waals surface area contributed by atoms with Gasteiger partial charge in [-0.1, -0.05) is 37.1 Å². The molecular formula is C16H26S2. The van der Waals surface area contributed by atoms with Crippen LogP contribution in [0, 0.1) is 0 Å². The van der Waals surface area contributed by atoms with E-state index in [2.05, 4.69) is 49.5 Å². The molecular weight excluding hydrogens is 256 g/mol. The molecule has 102 valence electrons. The van der Waals surface area contributed by atoms with Crippen LogP contribution in [0.5, 0.6) is 0 Å². The summed E-state index contributed by atoms with van der Waals surface area (Å²) in [5, 5.41) is 0. The molecule has 0 heterocycles. The fraction of sp³-hybridized carbons (Fsp3) is 0.625. The number of benzene rings is 1. The topological polar surface area (TPSA) is 0 Å². The van der Waals surface area contributed by atoms with Gasteiger partial charge in [0.1, 0.15) is 0 Å². The van der Waals surface area contributed by atoms with E-state index >= 15 is 0 Å². The van der Waals surface area contributed by atoms with Gasteiger partial charge in [0.2, 0.25) is 0 Å². The lowest BCUT2D eigenvalue weighted by Gasteiger charge is -2.04. The Balaban J connectivity index is 2.20. The minimum Gasteiger partial charge on any atom is -0.179 e. The number of aryl methyl sites for hydroxylation is 2. The lowest BCUT2D eigenvalue weighted by molar-refractivity contribution is 0.717. The fourth-order valence-corrected chi connectivity index (χ4v) is 2.56. The molecule has 0 spiro atoms. The first-order valence-electron chi connectivity index (χ1n) is 7.16. The maximum Gasteiger partial charge on any atom is -0.00979 e. The molecule has 0 aliphatic carbocycles. The van der Waals surface area contributed by atoms with Crippen molar-refractivity contribution in [2.24, 2.45) is 0 Å². The molecule has 0 aliphatic rings. The first-order valence-corrected chi connectivity index (χ1v) is 8.43. The number of hydrogen-bond donors (Lipinski definition) is 2. The summed E-state index contributed by atoms with van der Waals surface area (Å²) < 4.78 is 0. The van der Waals surface area contributed by atoms with Crippen LogP contribution in [-0.2, 0) is 12.8 Å². The molecule has 0 amide bonds. The minimum atomic E-state index is 1.02. The van der Waals surface area contributed by atoms with E-state index in [0.29, 0.717) is 0 Å². The summed E-state index contributed by atoms with van der Waals surface area (Å²) >= 11 is 8.47. The summed E-state index contributed by atoms with van der Waals surface area (Å²) in [6, 6.07) is 9.20. The summed E-state index contributed by atoms with van der Waals surface area (Å²) in [6.07, 6.45) is 10.1. The molecule has 0 aromatic heterocycles. The highest BCUT2D eigenvalue weighted by Crippen LogP contribution is 2.12. The highest BCUT2D eigenvalue weighted by Gasteiger charge is 1.96. The number of rotatable bonds is 10. The van der Waals surface area contributed by atoms with Crippen LogP contribution < -0.4 is 0 Å². The predicted molar refractivity (Wildman–Crippen MR) is 89.3 cm³/mol. The Hall–Kier alpha value is -0.0800. The normalized spacial score (nSPS) is 10.8. The van der Waals surface area contributed by atoms with Crippen LogP contribution in [0.4, 0.5) is 0 Å². The molecule has 0 N–H and O–H groups in total. The maximum absolute atomic E-state index is 4.24. The average molecular weight is 283 g/mol.